The Morgan fingerprint density at radius 2 is 2.05 bits per heavy atom. The number of benzene rings is 1. The van der Waals surface area contributed by atoms with Gasteiger partial charge in [-0.3, -0.25) is 0 Å². The van der Waals surface area contributed by atoms with E-state index in [2.05, 4.69) is 15.5 Å². The zero-order valence-corrected chi connectivity index (χ0v) is 12.0. The molecule has 0 radical (unpaired) electrons. The van der Waals surface area contributed by atoms with Gasteiger partial charge in [-0.25, -0.2) is 0 Å². The lowest BCUT2D eigenvalue weighted by Gasteiger charge is -2.09. The molecule has 1 N–H and O–H groups in total. The summed E-state index contributed by atoms with van der Waals surface area (Å²) in [5, 5.41) is 11.2. The molecule has 2 rings (SSSR count). The standard InChI is InChI=1S/C14H19N3O3/c1-15-9-5-8-12-16-17-14(20-12)10-6-4-7-11(18-2)13(10)19-3/h4,6-7,15H,5,8-9H2,1-3H3. The number of hydrogen-bond acceptors (Lipinski definition) is 6. The largest absolute Gasteiger partial charge is 0.493 e. The van der Waals surface area contributed by atoms with Crippen molar-refractivity contribution < 1.29 is 13.9 Å². The molecule has 1 heterocycles. The maximum atomic E-state index is 5.67. The van der Waals surface area contributed by atoms with Crippen LogP contribution >= 0.6 is 0 Å². The maximum Gasteiger partial charge on any atom is 0.251 e. The van der Waals surface area contributed by atoms with Crippen molar-refractivity contribution in [3.8, 4) is 23.0 Å². The molecule has 2 aromatic rings. The number of nitrogens with zero attached hydrogens (tertiary/aromatic N) is 2. The fourth-order valence-electron chi connectivity index (χ4n) is 1.94. The molecule has 108 valence electrons. The summed E-state index contributed by atoms with van der Waals surface area (Å²) < 4.78 is 16.3. The average molecular weight is 277 g/mol. The molecule has 0 aliphatic heterocycles. The van der Waals surface area contributed by atoms with Crippen LogP contribution in [0.25, 0.3) is 11.5 Å². The van der Waals surface area contributed by atoms with Crippen LogP contribution in [-0.4, -0.2) is 38.0 Å². The molecule has 6 heteroatoms. The molecule has 0 aliphatic carbocycles. The summed E-state index contributed by atoms with van der Waals surface area (Å²) in [5.41, 5.74) is 0.735. The molecule has 0 bridgehead atoms. The van der Waals surface area contributed by atoms with Crippen LogP contribution in [0.3, 0.4) is 0 Å². The normalized spacial score (nSPS) is 10.6. The highest BCUT2D eigenvalue weighted by atomic mass is 16.5. The Hall–Kier alpha value is -2.08. The zero-order chi connectivity index (χ0) is 14.4. The monoisotopic (exact) mass is 277 g/mol. The number of aryl methyl sites for hydroxylation is 1. The Morgan fingerprint density at radius 1 is 1.20 bits per heavy atom. The number of nitrogens with one attached hydrogen (secondary N) is 1. The molecule has 0 fully saturated rings. The first-order valence-electron chi connectivity index (χ1n) is 6.48. The predicted octanol–water partition coefficient (Wildman–Crippen LogP) is 1.91. The number of para-hydroxylation sites is 1. The van der Waals surface area contributed by atoms with Crippen LogP contribution in [0.1, 0.15) is 12.3 Å². The van der Waals surface area contributed by atoms with Gasteiger partial charge in [-0.1, -0.05) is 6.07 Å². The number of hydrogen-bond donors (Lipinski definition) is 1. The van der Waals surface area contributed by atoms with E-state index in [1.54, 1.807) is 14.2 Å². The Morgan fingerprint density at radius 3 is 2.75 bits per heavy atom. The van der Waals surface area contributed by atoms with Gasteiger partial charge in [0.1, 0.15) is 0 Å². The minimum Gasteiger partial charge on any atom is -0.493 e. The molecule has 0 saturated carbocycles. The van der Waals surface area contributed by atoms with E-state index in [1.807, 2.05) is 25.2 Å². The molecular formula is C14H19N3O3. The highest BCUT2D eigenvalue weighted by Gasteiger charge is 2.16. The van der Waals surface area contributed by atoms with E-state index in [4.69, 9.17) is 13.9 Å². The van der Waals surface area contributed by atoms with Gasteiger partial charge >= 0.3 is 0 Å². The van der Waals surface area contributed by atoms with Crippen LogP contribution in [0.5, 0.6) is 11.5 Å². The number of aromatic nitrogens is 2. The van der Waals surface area contributed by atoms with E-state index in [0.717, 1.165) is 24.9 Å². The van der Waals surface area contributed by atoms with Crippen molar-refractivity contribution in [2.75, 3.05) is 27.8 Å². The van der Waals surface area contributed by atoms with Crippen LogP contribution in [0.15, 0.2) is 22.6 Å². The van der Waals surface area contributed by atoms with Gasteiger partial charge in [0, 0.05) is 6.42 Å². The minimum absolute atomic E-state index is 0.445. The SMILES string of the molecule is CNCCCc1nnc(-c2cccc(OC)c2OC)o1. The van der Waals surface area contributed by atoms with Crippen LogP contribution in [0.4, 0.5) is 0 Å². The highest BCUT2D eigenvalue weighted by Crippen LogP contribution is 2.37. The molecular weight excluding hydrogens is 258 g/mol. The minimum atomic E-state index is 0.445. The average Bonchev–Trinajstić information content (AvgIpc) is 2.95. The summed E-state index contributed by atoms with van der Waals surface area (Å²) in [6.07, 6.45) is 1.70. The van der Waals surface area contributed by atoms with Gasteiger partial charge in [0.2, 0.25) is 5.89 Å². The van der Waals surface area contributed by atoms with E-state index < -0.39 is 0 Å². The molecule has 6 nitrogen and oxygen atoms in total. The predicted molar refractivity (Wildman–Crippen MR) is 75.1 cm³/mol. The maximum absolute atomic E-state index is 5.67. The Labute approximate surface area is 118 Å². The molecule has 0 spiro atoms. The van der Waals surface area contributed by atoms with Gasteiger partial charge in [0.15, 0.2) is 11.5 Å². The van der Waals surface area contributed by atoms with Crippen LogP contribution in [-0.2, 0) is 6.42 Å². The van der Waals surface area contributed by atoms with Crippen molar-refractivity contribution in [1.82, 2.24) is 15.5 Å². The quantitative estimate of drug-likeness (QED) is 0.780. The first kappa shape index (κ1) is 14.3. The lowest BCUT2D eigenvalue weighted by atomic mass is 10.2. The summed E-state index contributed by atoms with van der Waals surface area (Å²) in [5.74, 6) is 2.31. The summed E-state index contributed by atoms with van der Waals surface area (Å²) >= 11 is 0. The van der Waals surface area contributed by atoms with Crippen LogP contribution < -0.4 is 14.8 Å². The van der Waals surface area contributed by atoms with Crippen LogP contribution in [0.2, 0.25) is 0 Å². The zero-order valence-electron chi connectivity index (χ0n) is 12.0. The lowest BCUT2D eigenvalue weighted by Crippen LogP contribution is -2.08. The molecule has 1 aromatic heterocycles. The number of rotatable bonds is 7. The first-order chi connectivity index (χ1) is 9.80. The molecule has 0 atom stereocenters. The summed E-state index contributed by atoms with van der Waals surface area (Å²) in [7, 11) is 5.10. The fourth-order valence-corrected chi connectivity index (χ4v) is 1.94. The molecule has 20 heavy (non-hydrogen) atoms. The van der Waals surface area contributed by atoms with E-state index in [1.165, 1.54) is 0 Å². The second kappa shape index (κ2) is 6.91. The van der Waals surface area contributed by atoms with Crippen molar-refractivity contribution in [2.24, 2.45) is 0 Å². The van der Waals surface area contributed by atoms with Crippen molar-refractivity contribution in [1.29, 1.82) is 0 Å². The van der Waals surface area contributed by atoms with E-state index in [-0.39, 0.29) is 0 Å². The Balaban J connectivity index is 2.23. The van der Waals surface area contributed by atoms with Gasteiger partial charge in [0.05, 0.1) is 19.8 Å². The van der Waals surface area contributed by atoms with Gasteiger partial charge in [0.25, 0.3) is 5.89 Å². The summed E-state index contributed by atoms with van der Waals surface area (Å²) in [6.45, 7) is 0.917. The van der Waals surface area contributed by atoms with Crippen molar-refractivity contribution >= 4 is 0 Å². The second-order valence-electron chi connectivity index (χ2n) is 4.25. The summed E-state index contributed by atoms with van der Waals surface area (Å²) in [4.78, 5) is 0. The topological polar surface area (TPSA) is 69.4 Å². The van der Waals surface area contributed by atoms with Gasteiger partial charge in [-0.2, -0.15) is 0 Å². The van der Waals surface area contributed by atoms with Gasteiger partial charge in [-0.15, -0.1) is 10.2 Å². The molecule has 0 unspecified atom stereocenters. The Kier molecular flexibility index (Phi) is 4.95. The third-order valence-corrected chi connectivity index (χ3v) is 2.92. The van der Waals surface area contributed by atoms with E-state index in [0.29, 0.717) is 23.3 Å². The number of ether oxygens (including phenoxy) is 2. The smallest absolute Gasteiger partial charge is 0.251 e. The van der Waals surface area contributed by atoms with E-state index >= 15 is 0 Å². The lowest BCUT2D eigenvalue weighted by molar-refractivity contribution is 0.355. The molecule has 0 saturated heterocycles. The van der Waals surface area contributed by atoms with Crippen molar-refractivity contribution in [3.05, 3.63) is 24.1 Å². The molecule has 0 aliphatic rings. The van der Waals surface area contributed by atoms with E-state index in [9.17, 15) is 0 Å². The van der Waals surface area contributed by atoms with Gasteiger partial charge in [-0.05, 0) is 32.1 Å². The second-order valence-corrected chi connectivity index (χ2v) is 4.25. The Bertz CT molecular complexity index is 554. The number of methoxy groups -OCH3 is 2. The molecule has 1 aromatic carbocycles. The van der Waals surface area contributed by atoms with Crippen molar-refractivity contribution in [3.63, 3.8) is 0 Å². The third-order valence-electron chi connectivity index (χ3n) is 2.92. The van der Waals surface area contributed by atoms with Crippen LogP contribution in [0, 0.1) is 0 Å². The highest BCUT2D eigenvalue weighted by molar-refractivity contribution is 5.67. The fraction of sp³-hybridized carbons (Fsp3) is 0.429. The van der Waals surface area contributed by atoms with Gasteiger partial charge < -0.3 is 19.2 Å². The molecule has 0 amide bonds. The summed E-state index contributed by atoms with van der Waals surface area (Å²) in [6, 6.07) is 5.56. The first-order valence-corrected chi connectivity index (χ1v) is 6.48. The van der Waals surface area contributed by atoms with Crippen molar-refractivity contribution in [2.45, 2.75) is 12.8 Å². The third kappa shape index (κ3) is 3.08.